The van der Waals surface area contributed by atoms with Crippen molar-refractivity contribution < 1.29 is 5.11 Å². The summed E-state index contributed by atoms with van der Waals surface area (Å²) in [4.78, 5) is 4.12. The quantitative estimate of drug-likeness (QED) is 0.839. The van der Waals surface area contributed by atoms with Crippen molar-refractivity contribution in [2.24, 2.45) is 7.05 Å². The molecule has 16 heavy (non-hydrogen) atoms. The smallest absolute Gasteiger partial charge is 0.142 e. The van der Waals surface area contributed by atoms with Crippen LogP contribution in [0.2, 0.25) is 0 Å². The zero-order chi connectivity index (χ0) is 11.5. The van der Waals surface area contributed by atoms with Crippen LogP contribution in [-0.2, 0) is 13.6 Å². The number of rotatable bonds is 4. The molecule has 0 saturated carbocycles. The maximum Gasteiger partial charge on any atom is 0.142 e. The molecular weight excluding hydrogens is 204 g/mol. The monoisotopic (exact) mass is 220 g/mol. The van der Waals surface area contributed by atoms with Crippen LogP contribution >= 0.6 is 0 Å². The molecule has 0 aliphatic carbocycles. The highest BCUT2D eigenvalue weighted by atomic mass is 16.3. The third kappa shape index (κ3) is 1.99. The molecule has 0 aliphatic heterocycles. The summed E-state index contributed by atoms with van der Waals surface area (Å²) in [5.41, 5.74) is 0.780. The van der Waals surface area contributed by atoms with Crippen LogP contribution in [0.15, 0.2) is 24.8 Å². The van der Waals surface area contributed by atoms with Gasteiger partial charge in [0.05, 0.1) is 6.20 Å². The topological polar surface area (TPSA) is 55.9 Å². The Morgan fingerprint density at radius 2 is 2.31 bits per heavy atom. The van der Waals surface area contributed by atoms with Crippen LogP contribution in [0, 0.1) is 0 Å². The molecule has 2 aromatic heterocycles. The highest BCUT2D eigenvalue weighted by Gasteiger charge is 2.16. The van der Waals surface area contributed by atoms with Crippen LogP contribution in [0.5, 0.6) is 0 Å². The fourth-order valence-electron chi connectivity index (χ4n) is 1.66. The zero-order valence-electron chi connectivity index (χ0n) is 9.54. The van der Waals surface area contributed by atoms with Crippen LogP contribution in [0.25, 0.3) is 0 Å². The van der Waals surface area contributed by atoms with Crippen molar-refractivity contribution >= 4 is 0 Å². The predicted octanol–water partition coefficient (Wildman–Crippen LogP) is 1.11. The van der Waals surface area contributed by atoms with Crippen molar-refractivity contribution in [3.05, 3.63) is 36.2 Å². The fourth-order valence-corrected chi connectivity index (χ4v) is 1.66. The minimum atomic E-state index is -0.703. The van der Waals surface area contributed by atoms with Gasteiger partial charge in [-0.25, -0.2) is 4.98 Å². The molecule has 0 spiro atoms. The first kappa shape index (κ1) is 10.9. The number of imidazole rings is 1. The van der Waals surface area contributed by atoms with Crippen molar-refractivity contribution in [1.29, 1.82) is 0 Å². The van der Waals surface area contributed by atoms with Crippen LogP contribution in [0.1, 0.15) is 30.8 Å². The maximum absolute atomic E-state index is 10.1. The summed E-state index contributed by atoms with van der Waals surface area (Å²) < 4.78 is 3.64. The molecule has 5 heteroatoms. The summed E-state index contributed by atoms with van der Waals surface area (Å²) in [6, 6.07) is 0. The Morgan fingerprint density at radius 1 is 1.50 bits per heavy atom. The fraction of sp³-hybridized carbons (Fsp3) is 0.455. The number of nitrogens with zero attached hydrogens (tertiary/aromatic N) is 4. The summed E-state index contributed by atoms with van der Waals surface area (Å²) in [5.74, 6) is 0.635. The third-order valence-electron chi connectivity index (χ3n) is 2.52. The van der Waals surface area contributed by atoms with Crippen molar-refractivity contribution in [1.82, 2.24) is 19.3 Å². The van der Waals surface area contributed by atoms with Gasteiger partial charge in [0.15, 0.2) is 0 Å². The van der Waals surface area contributed by atoms with Crippen molar-refractivity contribution in [2.45, 2.75) is 26.0 Å². The Hall–Kier alpha value is -1.62. The van der Waals surface area contributed by atoms with Gasteiger partial charge in [0, 0.05) is 37.7 Å². The predicted molar refractivity (Wildman–Crippen MR) is 59.8 cm³/mol. The van der Waals surface area contributed by atoms with Crippen molar-refractivity contribution in [2.75, 3.05) is 0 Å². The van der Waals surface area contributed by atoms with Gasteiger partial charge < -0.3 is 9.67 Å². The lowest BCUT2D eigenvalue weighted by Gasteiger charge is -2.07. The Morgan fingerprint density at radius 3 is 2.94 bits per heavy atom. The number of aryl methyl sites for hydroxylation is 2. The minimum Gasteiger partial charge on any atom is -0.380 e. The Balaban J connectivity index is 2.20. The van der Waals surface area contributed by atoms with E-state index in [4.69, 9.17) is 0 Å². The first-order valence-corrected chi connectivity index (χ1v) is 5.40. The van der Waals surface area contributed by atoms with Gasteiger partial charge in [0.1, 0.15) is 11.9 Å². The molecule has 0 amide bonds. The van der Waals surface area contributed by atoms with E-state index in [0.717, 1.165) is 18.5 Å². The van der Waals surface area contributed by atoms with E-state index in [1.165, 1.54) is 0 Å². The lowest BCUT2D eigenvalue weighted by atomic mass is 10.2. The summed E-state index contributed by atoms with van der Waals surface area (Å²) >= 11 is 0. The molecule has 5 nitrogen and oxygen atoms in total. The average Bonchev–Trinajstić information content (AvgIpc) is 2.87. The van der Waals surface area contributed by atoms with Gasteiger partial charge in [0.2, 0.25) is 0 Å². The normalized spacial score (nSPS) is 12.9. The highest BCUT2D eigenvalue weighted by Crippen LogP contribution is 2.19. The van der Waals surface area contributed by atoms with Gasteiger partial charge in [-0.3, -0.25) is 4.68 Å². The number of hydrogen-bond acceptors (Lipinski definition) is 3. The molecule has 86 valence electrons. The summed E-state index contributed by atoms with van der Waals surface area (Å²) in [6.45, 7) is 2.96. The molecule has 0 fully saturated rings. The number of hydrogen-bond donors (Lipinski definition) is 1. The molecule has 0 saturated heterocycles. The molecule has 0 bridgehead atoms. The van der Waals surface area contributed by atoms with E-state index in [0.29, 0.717) is 5.82 Å². The molecule has 0 aliphatic rings. The van der Waals surface area contributed by atoms with Crippen LogP contribution in [0.3, 0.4) is 0 Å². The molecule has 0 radical (unpaired) electrons. The molecule has 1 atom stereocenters. The second-order valence-corrected chi connectivity index (χ2v) is 3.84. The van der Waals surface area contributed by atoms with Crippen LogP contribution < -0.4 is 0 Å². The number of aromatic nitrogens is 4. The highest BCUT2D eigenvalue weighted by molar-refractivity contribution is 5.17. The second-order valence-electron chi connectivity index (χ2n) is 3.84. The molecule has 1 unspecified atom stereocenters. The Bertz CT molecular complexity index is 460. The molecular formula is C11H16N4O. The molecule has 2 aromatic rings. The van der Waals surface area contributed by atoms with Gasteiger partial charge in [-0.2, -0.15) is 5.10 Å². The SMILES string of the molecule is CCCn1cc(C(O)c2nccn2C)cn1. The zero-order valence-corrected chi connectivity index (χ0v) is 9.54. The first-order chi connectivity index (χ1) is 7.72. The maximum atomic E-state index is 10.1. The standard InChI is InChI=1S/C11H16N4O/c1-3-5-15-8-9(7-13-15)10(16)11-12-4-6-14(11)2/h4,6-8,10,16H,3,5H2,1-2H3. The molecule has 0 aromatic carbocycles. The lowest BCUT2D eigenvalue weighted by molar-refractivity contribution is 0.206. The third-order valence-corrected chi connectivity index (χ3v) is 2.52. The van der Waals surface area contributed by atoms with Gasteiger partial charge in [-0.15, -0.1) is 0 Å². The minimum absolute atomic E-state index is 0.635. The van der Waals surface area contributed by atoms with E-state index in [2.05, 4.69) is 17.0 Å². The first-order valence-electron chi connectivity index (χ1n) is 5.40. The summed E-state index contributed by atoms with van der Waals surface area (Å²) in [5, 5.41) is 14.3. The van der Waals surface area contributed by atoms with Gasteiger partial charge >= 0.3 is 0 Å². The second kappa shape index (κ2) is 4.49. The number of aliphatic hydroxyl groups is 1. The van der Waals surface area contributed by atoms with Gasteiger partial charge in [-0.1, -0.05) is 6.92 Å². The van der Waals surface area contributed by atoms with E-state index in [1.54, 1.807) is 12.4 Å². The van der Waals surface area contributed by atoms with Gasteiger partial charge in [0.25, 0.3) is 0 Å². The largest absolute Gasteiger partial charge is 0.380 e. The van der Waals surface area contributed by atoms with E-state index < -0.39 is 6.10 Å². The van der Waals surface area contributed by atoms with E-state index in [9.17, 15) is 5.11 Å². The lowest BCUT2D eigenvalue weighted by Crippen LogP contribution is -2.06. The van der Waals surface area contributed by atoms with E-state index in [1.807, 2.05) is 28.7 Å². The van der Waals surface area contributed by atoms with Crippen molar-refractivity contribution in [3.63, 3.8) is 0 Å². The summed E-state index contributed by atoms with van der Waals surface area (Å²) in [7, 11) is 1.86. The Kier molecular flexibility index (Phi) is 3.05. The van der Waals surface area contributed by atoms with E-state index >= 15 is 0 Å². The summed E-state index contributed by atoms with van der Waals surface area (Å²) in [6.07, 6.45) is 7.37. The van der Waals surface area contributed by atoms with Gasteiger partial charge in [-0.05, 0) is 6.42 Å². The van der Waals surface area contributed by atoms with Crippen LogP contribution in [-0.4, -0.2) is 24.4 Å². The molecule has 1 N–H and O–H groups in total. The molecule has 2 heterocycles. The number of aliphatic hydroxyl groups excluding tert-OH is 1. The van der Waals surface area contributed by atoms with Crippen LogP contribution in [0.4, 0.5) is 0 Å². The molecule has 2 rings (SSSR count). The van der Waals surface area contributed by atoms with Crippen molar-refractivity contribution in [3.8, 4) is 0 Å². The average molecular weight is 220 g/mol. The Labute approximate surface area is 94.4 Å². The van der Waals surface area contributed by atoms with E-state index in [-0.39, 0.29) is 0 Å².